The molecule has 12 heteroatoms. The zero-order valence-electron chi connectivity index (χ0n) is 13.3. The lowest BCUT2D eigenvalue weighted by atomic mass is 9.89. The Kier molecular flexibility index (Phi) is 5.57. The Hall–Kier alpha value is -2.99. The number of carbonyl (C=O) groups excluding carboxylic acids is 1. The lowest BCUT2D eigenvalue weighted by Gasteiger charge is -2.33. The molecule has 0 aliphatic carbocycles. The first-order valence-electron chi connectivity index (χ1n) is 7.16. The van der Waals surface area contributed by atoms with E-state index in [0.29, 0.717) is 6.07 Å². The second-order valence-electron chi connectivity index (χ2n) is 5.07. The third kappa shape index (κ3) is 3.36. The number of non-ortho nitro benzene ring substituents is 1. The van der Waals surface area contributed by atoms with Crippen LogP contribution >= 0.6 is 0 Å². The highest BCUT2D eigenvalue weighted by Gasteiger charge is 2.48. The molecule has 1 aromatic rings. The van der Waals surface area contributed by atoms with Crippen LogP contribution in [0, 0.1) is 20.2 Å². The standard InChI is InChI=1S/C14H13N3O8S/c1-2-25-13(18)12(14(26(23)24)6-3-7-15-14)10-5-4-9(16(19)20)8-11(10)17(21)22/h3-8,12H,2H2,1H3,(H,23,24)/p-1. The van der Waals surface area contributed by atoms with Crippen molar-refractivity contribution in [3.05, 3.63) is 56.1 Å². The molecule has 26 heavy (non-hydrogen) atoms. The summed E-state index contributed by atoms with van der Waals surface area (Å²) in [5.41, 5.74) is -1.71. The van der Waals surface area contributed by atoms with Crippen LogP contribution in [-0.4, -0.2) is 42.3 Å². The van der Waals surface area contributed by atoms with E-state index in [1.54, 1.807) is 0 Å². The molecule has 3 unspecified atom stereocenters. The number of aliphatic imine (C=N–C) groups is 1. The number of nitro groups is 2. The molecule has 3 atom stereocenters. The van der Waals surface area contributed by atoms with Crippen LogP contribution in [0.5, 0.6) is 0 Å². The molecule has 0 N–H and O–H groups in total. The molecule has 11 nitrogen and oxygen atoms in total. The summed E-state index contributed by atoms with van der Waals surface area (Å²) in [6.45, 7) is 1.37. The van der Waals surface area contributed by atoms with Gasteiger partial charge >= 0.3 is 5.97 Å². The Morgan fingerprint density at radius 3 is 2.50 bits per heavy atom. The molecule has 0 radical (unpaired) electrons. The fraction of sp³-hybridized carbons (Fsp3) is 0.286. The van der Waals surface area contributed by atoms with Crippen molar-refractivity contribution in [3.63, 3.8) is 0 Å². The monoisotopic (exact) mass is 382 g/mol. The van der Waals surface area contributed by atoms with Crippen molar-refractivity contribution in [1.29, 1.82) is 0 Å². The summed E-state index contributed by atoms with van der Waals surface area (Å²) in [6.07, 6.45) is 3.52. The number of benzene rings is 1. The van der Waals surface area contributed by atoms with E-state index in [0.717, 1.165) is 24.4 Å². The smallest absolute Gasteiger partial charge is 0.317 e. The van der Waals surface area contributed by atoms with Crippen molar-refractivity contribution in [3.8, 4) is 0 Å². The van der Waals surface area contributed by atoms with E-state index in [2.05, 4.69) is 4.99 Å². The quantitative estimate of drug-likeness (QED) is 0.295. The maximum atomic E-state index is 12.5. The number of allylic oxidation sites excluding steroid dienone is 1. The van der Waals surface area contributed by atoms with Gasteiger partial charge in [0, 0.05) is 17.8 Å². The van der Waals surface area contributed by atoms with Gasteiger partial charge in [-0.25, -0.2) is 0 Å². The zero-order valence-corrected chi connectivity index (χ0v) is 14.1. The molecule has 0 amide bonds. The first-order valence-corrected chi connectivity index (χ1v) is 8.24. The average Bonchev–Trinajstić information content (AvgIpc) is 3.06. The number of rotatable bonds is 7. The van der Waals surface area contributed by atoms with Crippen LogP contribution in [0.25, 0.3) is 0 Å². The van der Waals surface area contributed by atoms with Gasteiger partial charge in [-0.15, -0.1) is 0 Å². The van der Waals surface area contributed by atoms with Crippen molar-refractivity contribution in [2.45, 2.75) is 17.7 Å². The van der Waals surface area contributed by atoms with Gasteiger partial charge in [-0.3, -0.25) is 34.2 Å². The first kappa shape index (κ1) is 19.3. The van der Waals surface area contributed by atoms with Crippen molar-refractivity contribution < 1.29 is 28.1 Å². The lowest BCUT2D eigenvalue weighted by Crippen LogP contribution is -2.41. The Labute approximate surface area is 149 Å². The number of hydrogen-bond acceptors (Lipinski definition) is 9. The zero-order chi connectivity index (χ0) is 19.5. The highest BCUT2D eigenvalue weighted by Crippen LogP contribution is 2.42. The predicted molar refractivity (Wildman–Crippen MR) is 88.4 cm³/mol. The SMILES string of the molecule is CCOC(=O)C(c1ccc([N+](=O)[O-])cc1[N+](=O)[O-])C1(S(=O)[O-])C=CC=N1. The van der Waals surface area contributed by atoms with Gasteiger partial charge in [0.15, 0.2) is 4.87 Å². The number of carbonyl (C=O) groups is 1. The van der Waals surface area contributed by atoms with Gasteiger partial charge in [0.25, 0.3) is 11.4 Å². The Bertz CT molecular complexity index is 839. The predicted octanol–water partition coefficient (Wildman–Crippen LogP) is 1.37. The summed E-state index contributed by atoms with van der Waals surface area (Å²) >= 11 is -2.98. The van der Waals surface area contributed by atoms with E-state index in [1.165, 1.54) is 13.0 Å². The van der Waals surface area contributed by atoms with E-state index < -0.39 is 49.1 Å². The second-order valence-corrected chi connectivity index (χ2v) is 6.19. The van der Waals surface area contributed by atoms with Gasteiger partial charge in [0.1, 0.15) is 5.92 Å². The highest BCUT2D eigenvalue weighted by atomic mass is 32.2. The molecule has 0 bridgehead atoms. The van der Waals surface area contributed by atoms with Gasteiger partial charge in [-0.2, -0.15) is 0 Å². The third-order valence-electron chi connectivity index (χ3n) is 3.63. The molecular weight excluding hydrogens is 370 g/mol. The summed E-state index contributed by atoms with van der Waals surface area (Å²) in [7, 11) is 0. The fourth-order valence-corrected chi connectivity index (χ4v) is 3.29. The largest absolute Gasteiger partial charge is 0.770 e. The maximum Gasteiger partial charge on any atom is 0.317 e. The van der Waals surface area contributed by atoms with Gasteiger partial charge in [0.05, 0.1) is 22.5 Å². The average molecular weight is 382 g/mol. The Morgan fingerprint density at radius 1 is 1.35 bits per heavy atom. The normalized spacial score (nSPS) is 20.5. The molecule has 1 aliphatic heterocycles. The summed E-state index contributed by atoms with van der Waals surface area (Å²) < 4.78 is 28.6. The number of hydrogen-bond donors (Lipinski definition) is 0. The van der Waals surface area contributed by atoms with Crippen molar-refractivity contribution in [2.75, 3.05) is 6.61 Å². The van der Waals surface area contributed by atoms with Gasteiger partial charge < -0.3 is 9.29 Å². The molecule has 1 aliphatic rings. The maximum absolute atomic E-state index is 12.5. The fourth-order valence-electron chi connectivity index (χ4n) is 2.54. The Balaban J connectivity index is 2.75. The topological polar surface area (TPSA) is 165 Å². The minimum absolute atomic E-state index is 0.106. The molecule has 1 heterocycles. The molecule has 0 saturated heterocycles. The summed E-state index contributed by atoms with van der Waals surface area (Å²) in [5, 5.41) is 22.3. The van der Waals surface area contributed by atoms with Crippen molar-refractivity contribution in [1.82, 2.24) is 0 Å². The van der Waals surface area contributed by atoms with E-state index in [9.17, 15) is 33.8 Å². The number of nitro benzene ring substituents is 2. The van der Waals surface area contributed by atoms with Gasteiger partial charge in [0.2, 0.25) is 0 Å². The molecule has 1 aromatic carbocycles. The molecular formula is C14H12N3O8S-. The van der Waals surface area contributed by atoms with Crippen LogP contribution in [-0.2, 0) is 20.6 Å². The molecule has 138 valence electrons. The minimum Gasteiger partial charge on any atom is -0.770 e. The van der Waals surface area contributed by atoms with E-state index in [-0.39, 0.29) is 12.2 Å². The number of ether oxygens (including phenoxy) is 1. The summed E-state index contributed by atoms with van der Waals surface area (Å²) in [5.74, 6) is -2.77. The minimum atomic E-state index is -2.98. The number of nitrogens with zero attached hydrogens (tertiary/aromatic N) is 3. The van der Waals surface area contributed by atoms with Gasteiger partial charge in [-0.1, -0.05) is 0 Å². The number of esters is 1. The Morgan fingerprint density at radius 2 is 2.04 bits per heavy atom. The molecule has 0 fully saturated rings. The molecule has 0 saturated carbocycles. The van der Waals surface area contributed by atoms with Crippen molar-refractivity contribution in [2.24, 2.45) is 4.99 Å². The molecule has 2 rings (SSSR count). The van der Waals surface area contributed by atoms with E-state index >= 15 is 0 Å². The second kappa shape index (κ2) is 7.49. The first-order chi connectivity index (χ1) is 12.2. The van der Waals surface area contributed by atoms with Crippen LogP contribution in [0.15, 0.2) is 35.3 Å². The molecule has 0 aromatic heterocycles. The summed E-state index contributed by atoms with van der Waals surface area (Å²) in [6, 6.07) is 2.57. The molecule has 0 spiro atoms. The van der Waals surface area contributed by atoms with E-state index in [4.69, 9.17) is 4.74 Å². The van der Waals surface area contributed by atoms with Crippen LogP contribution in [0.4, 0.5) is 11.4 Å². The van der Waals surface area contributed by atoms with Crippen molar-refractivity contribution >= 4 is 34.6 Å². The van der Waals surface area contributed by atoms with Crippen LogP contribution < -0.4 is 0 Å². The van der Waals surface area contributed by atoms with E-state index in [1.807, 2.05) is 0 Å². The van der Waals surface area contributed by atoms with Crippen LogP contribution in [0.1, 0.15) is 18.4 Å². The van der Waals surface area contributed by atoms with Crippen LogP contribution in [0.2, 0.25) is 0 Å². The van der Waals surface area contributed by atoms with Crippen LogP contribution in [0.3, 0.4) is 0 Å². The lowest BCUT2D eigenvalue weighted by molar-refractivity contribution is -0.394. The third-order valence-corrected chi connectivity index (χ3v) is 4.64. The summed E-state index contributed by atoms with van der Waals surface area (Å²) in [4.78, 5) is 34.6. The highest BCUT2D eigenvalue weighted by molar-refractivity contribution is 7.81. The van der Waals surface area contributed by atoms with Gasteiger partial charge in [-0.05, 0) is 36.2 Å².